The Morgan fingerprint density at radius 1 is 1.32 bits per heavy atom. The molecule has 0 spiro atoms. The number of piperidine rings is 1. The molecule has 3 N–H and O–H groups in total. The number of rotatable bonds is 5. The molecule has 0 aliphatic carbocycles. The molecule has 9 heteroatoms. The fraction of sp³-hybridized carbons (Fsp3) is 0.579. The van der Waals surface area contributed by atoms with Gasteiger partial charge in [0.2, 0.25) is 5.91 Å². The Balaban J connectivity index is 0.00000280. The van der Waals surface area contributed by atoms with Crippen LogP contribution in [0.25, 0.3) is 0 Å². The summed E-state index contributed by atoms with van der Waals surface area (Å²) < 4.78 is 27.1. The summed E-state index contributed by atoms with van der Waals surface area (Å²) in [7, 11) is -3.61. The van der Waals surface area contributed by atoms with Gasteiger partial charge < -0.3 is 10.6 Å². The largest absolute Gasteiger partial charge is 0.351 e. The predicted molar refractivity (Wildman–Crippen MR) is 112 cm³/mol. The highest BCUT2D eigenvalue weighted by Crippen LogP contribution is 2.23. The summed E-state index contributed by atoms with van der Waals surface area (Å²) in [5.74, 6) is 0.370. The number of carbonyl (C=O) groups excluding carboxylic acids is 1. The smallest absolute Gasteiger partial charge is 0.263 e. The first-order valence-corrected chi connectivity index (χ1v) is 11.0. The van der Waals surface area contributed by atoms with E-state index in [9.17, 15) is 13.2 Å². The number of nitrogens with one attached hydrogen (secondary N) is 3. The van der Waals surface area contributed by atoms with E-state index in [2.05, 4.69) is 27.3 Å². The van der Waals surface area contributed by atoms with Crippen LogP contribution in [0, 0.1) is 5.92 Å². The van der Waals surface area contributed by atoms with Crippen LogP contribution < -0.4 is 15.4 Å². The lowest BCUT2D eigenvalue weighted by Gasteiger charge is -2.29. The molecule has 1 fully saturated rings. The van der Waals surface area contributed by atoms with Gasteiger partial charge in [0.05, 0.1) is 4.90 Å². The molecule has 1 amide bonds. The van der Waals surface area contributed by atoms with Gasteiger partial charge in [-0.1, -0.05) is 26.0 Å². The average Bonchev–Trinajstić information content (AvgIpc) is 2.85. The maximum atomic E-state index is 12.9. The van der Waals surface area contributed by atoms with Crippen LogP contribution >= 0.6 is 12.4 Å². The van der Waals surface area contributed by atoms with Crippen LogP contribution in [0.5, 0.6) is 0 Å². The maximum Gasteiger partial charge on any atom is 0.263 e. The van der Waals surface area contributed by atoms with Crippen LogP contribution in [-0.2, 0) is 14.8 Å². The summed E-state index contributed by atoms with van der Waals surface area (Å²) >= 11 is 0. The highest BCUT2D eigenvalue weighted by atomic mass is 35.5. The van der Waals surface area contributed by atoms with Crippen molar-refractivity contribution in [3.8, 4) is 0 Å². The van der Waals surface area contributed by atoms with Crippen molar-refractivity contribution in [2.24, 2.45) is 10.9 Å². The van der Waals surface area contributed by atoms with Gasteiger partial charge in [0.1, 0.15) is 11.9 Å². The minimum atomic E-state index is -3.61. The fourth-order valence-electron chi connectivity index (χ4n) is 3.61. The van der Waals surface area contributed by atoms with Crippen molar-refractivity contribution in [2.75, 3.05) is 6.54 Å². The molecule has 2 aliphatic rings. The van der Waals surface area contributed by atoms with E-state index in [4.69, 9.17) is 0 Å². The topological polar surface area (TPSA) is 99.7 Å². The Bertz CT molecular complexity index is 841. The number of hydrogen-bond donors (Lipinski definition) is 3. The molecule has 0 saturated carbocycles. The lowest BCUT2D eigenvalue weighted by molar-refractivity contribution is -0.123. The third-order valence-electron chi connectivity index (χ3n) is 4.92. The Labute approximate surface area is 173 Å². The highest BCUT2D eigenvalue weighted by Gasteiger charge is 2.32. The van der Waals surface area contributed by atoms with Gasteiger partial charge in [-0.3, -0.25) is 14.5 Å². The Morgan fingerprint density at radius 2 is 2.04 bits per heavy atom. The monoisotopic (exact) mass is 428 g/mol. The molecule has 7 nitrogen and oxygen atoms in total. The Morgan fingerprint density at radius 3 is 2.71 bits per heavy atom. The van der Waals surface area contributed by atoms with E-state index in [1.54, 1.807) is 24.3 Å². The normalized spacial score (nSPS) is 25.5. The van der Waals surface area contributed by atoms with Gasteiger partial charge in [0.15, 0.2) is 0 Å². The van der Waals surface area contributed by atoms with Crippen molar-refractivity contribution in [1.82, 2.24) is 15.4 Å². The number of nitrogens with zero attached hydrogens (tertiary/aromatic N) is 1. The summed E-state index contributed by atoms with van der Waals surface area (Å²) in [5.41, 5.74) is 0.523. The molecule has 1 saturated heterocycles. The number of amides is 1. The predicted octanol–water partition coefficient (Wildman–Crippen LogP) is 1.82. The minimum absolute atomic E-state index is 0. The van der Waals surface area contributed by atoms with E-state index < -0.39 is 16.1 Å². The molecule has 3 atom stereocenters. The van der Waals surface area contributed by atoms with E-state index in [1.807, 2.05) is 13.8 Å². The molecular weight excluding hydrogens is 400 g/mol. The van der Waals surface area contributed by atoms with E-state index in [-0.39, 0.29) is 41.0 Å². The Hall–Kier alpha value is -1.64. The summed E-state index contributed by atoms with van der Waals surface area (Å²) in [4.78, 5) is 17.6. The maximum absolute atomic E-state index is 12.9. The van der Waals surface area contributed by atoms with Crippen molar-refractivity contribution in [1.29, 1.82) is 0 Å². The van der Waals surface area contributed by atoms with Crippen molar-refractivity contribution in [3.63, 3.8) is 0 Å². The Kier molecular flexibility index (Phi) is 7.47. The molecule has 3 rings (SSSR count). The SMILES string of the molecule is CC(C)CC(N=C1NS(=O)(=O)c2ccccc21)C(=O)NC1CCNC(C)C1.Cl. The first-order valence-electron chi connectivity index (χ1n) is 9.50. The number of benzene rings is 1. The summed E-state index contributed by atoms with van der Waals surface area (Å²) in [6.45, 7) is 7.04. The fourth-order valence-corrected chi connectivity index (χ4v) is 4.85. The molecule has 1 aromatic carbocycles. The van der Waals surface area contributed by atoms with Crippen LogP contribution in [0.3, 0.4) is 0 Å². The molecule has 0 aromatic heterocycles. The summed E-state index contributed by atoms with van der Waals surface area (Å²) in [6, 6.07) is 6.57. The minimum Gasteiger partial charge on any atom is -0.351 e. The van der Waals surface area contributed by atoms with Gasteiger partial charge in [-0.15, -0.1) is 12.4 Å². The van der Waals surface area contributed by atoms with Crippen LogP contribution in [0.4, 0.5) is 0 Å². The van der Waals surface area contributed by atoms with Gasteiger partial charge in [0, 0.05) is 17.6 Å². The lowest BCUT2D eigenvalue weighted by atomic mass is 9.98. The number of hydrogen-bond acceptors (Lipinski definition) is 5. The summed E-state index contributed by atoms with van der Waals surface area (Å²) in [6.07, 6.45) is 2.32. The number of sulfonamides is 1. The van der Waals surface area contributed by atoms with Crippen LogP contribution in [0.15, 0.2) is 34.2 Å². The lowest BCUT2D eigenvalue weighted by Crippen LogP contribution is -2.49. The zero-order chi connectivity index (χ0) is 19.6. The number of halogens is 1. The van der Waals surface area contributed by atoms with E-state index in [0.717, 1.165) is 19.4 Å². The van der Waals surface area contributed by atoms with E-state index in [0.29, 0.717) is 18.0 Å². The van der Waals surface area contributed by atoms with E-state index in [1.165, 1.54) is 0 Å². The quantitative estimate of drug-likeness (QED) is 0.666. The first kappa shape index (κ1) is 22.6. The molecule has 156 valence electrons. The molecule has 0 radical (unpaired) electrons. The molecule has 3 unspecified atom stereocenters. The van der Waals surface area contributed by atoms with Crippen molar-refractivity contribution in [2.45, 2.75) is 63.1 Å². The van der Waals surface area contributed by atoms with Crippen molar-refractivity contribution < 1.29 is 13.2 Å². The second kappa shape index (κ2) is 9.24. The molecular formula is C19H29ClN4O3S. The second-order valence-electron chi connectivity index (χ2n) is 7.81. The van der Waals surface area contributed by atoms with Crippen LogP contribution in [0.1, 0.15) is 45.6 Å². The van der Waals surface area contributed by atoms with Gasteiger partial charge in [-0.05, 0) is 50.8 Å². The van der Waals surface area contributed by atoms with Gasteiger partial charge in [-0.25, -0.2) is 8.42 Å². The molecule has 2 heterocycles. The number of fused-ring (bicyclic) bond motifs is 1. The first-order chi connectivity index (χ1) is 12.8. The van der Waals surface area contributed by atoms with E-state index >= 15 is 0 Å². The zero-order valence-electron chi connectivity index (χ0n) is 16.4. The zero-order valence-corrected chi connectivity index (χ0v) is 18.1. The average molecular weight is 429 g/mol. The summed E-state index contributed by atoms with van der Waals surface area (Å²) in [5, 5.41) is 6.48. The number of carbonyl (C=O) groups is 1. The standard InChI is InChI=1S/C19H28N4O3S.ClH/c1-12(2)10-16(19(24)21-14-8-9-20-13(3)11-14)22-18-15-6-4-5-7-17(15)27(25,26)23-18;/h4-7,12-14,16,20H,8-11H2,1-3H3,(H,21,24)(H,22,23);1H. The van der Waals surface area contributed by atoms with Gasteiger partial charge >= 0.3 is 0 Å². The van der Waals surface area contributed by atoms with Crippen molar-refractivity contribution >= 4 is 34.2 Å². The second-order valence-corrected chi connectivity index (χ2v) is 9.46. The van der Waals surface area contributed by atoms with Crippen LogP contribution in [-0.4, -0.2) is 44.8 Å². The number of aliphatic imine (C=N–C) groups is 1. The molecule has 28 heavy (non-hydrogen) atoms. The molecule has 1 aromatic rings. The number of amidine groups is 1. The van der Waals surface area contributed by atoms with Gasteiger partial charge in [0.25, 0.3) is 10.0 Å². The third kappa shape index (κ3) is 5.24. The van der Waals surface area contributed by atoms with Crippen LogP contribution in [0.2, 0.25) is 0 Å². The molecule has 2 aliphatic heterocycles. The highest BCUT2D eigenvalue weighted by molar-refractivity contribution is 7.90. The third-order valence-corrected chi connectivity index (χ3v) is 6.31. The van der Waals surface area contributed by atoms with Crippen molar-refractivity contribution in [3.05, 3.63) is 29.8 Å². The molecule has 0 bridgehead atoms. The van der Waals surface area contributed by atoms with Gasteiger partial charge in [-0.2, -0.15) is 0 Å².